The van der Waals surface area contributed by atoms with Crippen molar-refractivity contribution in [1.29, 1.82) is 0 Å². The van der Waals surface area contributed by atoms with E-state index in [1.54, 1.807) is 17.5 Å². The summed E-state index contributed by atoms with van der Waals surface area (Å²) < 4.78 is 5.63. The highest BCUT2D eigenvalue weighted by atomic mass is 32.1. The van der Waals surface area contributed by atoms with Gasteiger partial charge in [-0.1, -0.05) is 12.1 Å². The van der Waals surface area contributed by atoms with E-state index in [1.807, 2.05) is 31.2 Å². The van der Waals surface area contributed by atoms with Gasteiger partial charge in [0.05, 0.1) is 17.2 Å². The zero-order valence-electron chi connectivity index (χ0n) is 15.3. The number of benzene rings is 2. The van der Waals surface area contributed by atoms with Gasteiger partial charge in [0.15, 0.2) is 5.13 Å². The van der Waals surface area contributed by atoms with Crippen molar-refractivity contribution in [3.05, 3.63) is 69.6 Å². The number of thiazole rings is 1. The molecule has 8 heteroatoms. The Morgan fingerprint density at radius 3 is 2.75 bits per heavy atom. The fourth-order valence-corrected chi connectivity index (χ4v) is 3.26. The molecule has 0 aliphatic heterocycles. The summed E-state index contributed by atoms with van der Waals surface area (Å²) in [5.41, 5.74) is 2.58. The molecule has 0 unspecified atom stereocenters. The molecule has 2 aromatic carbocycles. The van der Waals surface area contributed by atoms with Crippen LogP contribution in [0.4, 0.5) is 10.8 Å². The minimum absolute atomic E-state index is 0.0281. The number of hydrogen-bond acceptors (Lipinski definition) is 6. The van der Waals surface area contributed by atoms with E-state index in [0.717, 1.165) is 16.9 Å². The van der Waals surface area contributed by atoms with Crippen molar-refractivity contribution in [2.75, 3.05) is 11.9 Å². The van der Waals surface area contributed by atoms with E-state index in [2.05, 4.69) is 10.3 Å². The van der Waals surface area contributed by atoms with Crippen molar-refractivity contribution in [1.82, 2.24) is 4.98 Å². The first kappa shape index (κ1) is 19.5. The molecule has 0 saturated carbocycles. The summed E-state index contributed by atoms with van der Waals surface area (Å²) >= 11 is 1.31. The largest absolute Gasteiger partial charge is 0.494 e. The van der Waals surface area contributed by atoms with Crippen LogP contribution in [0.3, 0.4) is 0 Å². The van der Waals surface area contributed by atoms with Crippen molar-refractivity contribution in [3.8, 4) is 17.0 Å². The first-order valence-corrected chi connectivity index (χ1v) is 9.59. The number of nitrogens with one attached hydrogen (secondary N) is 1. The van der Waals surface area contributed by atoms with Crippen LogP contribution in [0.5, 0.6) is 5.75 Å². The van der Waals surface area contributed by atoms with Gasteiger partial charge >= 0.3 is 0 Å². The number of rotatable bonds is 8. The number of carbonyl (C=O) groups excluding carboxylic acids is 1. The lowest BCUT2D eigenvalue weighted by Crippen LogP contribution is -2.12. The molecule has 0 spiro atoms. The molecule has 0 aliphatic carbocycles. The molecule has 28 heavy (non-hydrogen) atoms. The Labute approximate surface area is 166 Å². The number of aromatic nitrogens is 1. The molecule has 1 heterocycles. The van der Waals surface area contributed by atoms with Crippen molar-refractivity contribution in [2.45, 2.75) is 19.8 Å². The minimum atomic E-state index is -0.445. The zero-order valence-corrected chi connectivity index (χ0v) is 16.1. The van der Waals surface area contributed by atoms with Crippen LogP contribution in [0, 0.1) is 17.0 Å². The molecule has 0 saturated heterocycles. The number of non-ortho nitro benzene ring substituents is 1. The number of nitro benzene ring substituents is 1. The normalized spacial score (nSPS) is 10.5. The van der Waals surface area contributed by atoms with E-state index in [9.17, 15) is 14.9 Å². The van der Waals surface area contributed by atoms with Crippen LogP contribution >= 0.6 is 11.3 Å². The third-order valence-corrected chi connectivity index (χ3v) is 4.69. The fraction of sp³-hybridized carbons (Fsp3) is 0.200. The summed E-state index contributed by atoms with van der Waals surface area (Å²) in [6.07, 6.45) is 0.929. The number of nitrogens with zero attached hydrogens (tertiary/aromatic N) is 2. The average Bonchev–Trinajstić information content (AvgIpc) is 3.14. The lowest BCUT2D eigenvalue weighted by Gasteiger charge is -2.06. The topological polar surface area (TPSA) is 94.4 Å². The van der Waals surface area contributed by atoms with E-state index in [0.29, 0.717) is 30.3 Å². The van der Waals surface area contributed by atoms with Gasteiger partial charge in [-0.15, -0.1) is 11.3 Å². The molecule has 0 fully saturated rings. The van der Waals surface area contributed by atoms with E-state index in [1.165, 1.54) is 23.5 Å². The molecule has 1 amide bonds. The molecule has 7 nitrogen and oxygen atoms in total. The van der Waals surface area contributed by atoms with E-state index >= 15 is 0 Å². The molecular formula is C20H19N3O4S. The van der Waals surface area contributed by atoms with Crippen LogP contribution in [0.15, 0.2) is 53.9 Å². The van der Waals surface area contributed by atoms with Gasteiger partial charge in [0.1, 0.15) is 5.75 Å². The SMILES string of the molecule is Cc1cccc(OCCCC(=O)Nc2nc(-c3ccc([N+](=O)[O-])cc3)cs2)c1. The summed E-state index contributed by atoms with van der Waals surface area (Å²) in [6.45, 7) is 2.46. The summed E-state index contributed by atoms with van der Waals surface area (Å²) in [4.78, 5) is 26.7. The van der Waals surface area contributed by atoms with Crippen molar-refractivity contribution in [2.24, 2.45) is 0 Å². The van der Waals surface area contributed by atoms with Gasteiger partial charge in [-0.25, -0.2) is 4.98 Å². The van der Waals surface area contributed by atoms with Crippen LogP contribution in [0.1, 0.15) is 18.4 Å². The van der Waals surface area contributed by atoms with Gasteiger partial charge in [-0.2, -0.15) is 0 Å². The lowest BCUT2D eigenvalue weighted by atomic mass is 10.1. The van der Waals surface area contributed by atoms with Gasteiger partial charge in [0.25, 0.3) is 5.69 Å². The fourth-order valence-electron chi connectivity index (χ4n) is 2.53. The monoisotopic (exact) mass is 397 g/mol. The standard InChI is InChI=1S/C20H19N3O4S/c1-14-4-2-5-17(12-14)27-11-3-6-19(24)22-20-21-18(13-28-20)15-7-9-16(10-8-15)23(25)26/h2,4-5,7-10,12-13H,3,6,11H2,1H3,(H,21,22,24). The highest BCUT2D eigenvalue weighted by Crippen LogP contribution is 2.26. The summed E-state index contributed by atoms with van der Waals surface area (Å²) in [5, 5.41) is 15.8. The molecular weight excluding hydrogens is 378 g/mol. The minimum Gasteiger partial charge on any atom is -0.494 e. The molecule has 0 atom stereocenters. The molecule has 144 valence electrons. The second kappa shape index (κ2) is 9.09. The maximum absolute atomic E-state index is 12.1. The van der Waals surface area contributed by atoms with Crippen LogP contribution in [0.2, 0.25) is 0 Å². The van der Waals surface area contributed by atoms with Crippen molar-refractivity contribution < 1.29 is 14.5 Å². The van der Waals surface area contributed by atoms with Crippen LogP contribution in [-0.4, -0.2) is 22.4 Å². The first-order chi connectivity index (χ1) is 13.5. The maximum atomic E-state index is 12.1. The Bertz CT molecular complexity index is 970. The first-order valence-electron chi connectivity index (χ1n) is 8.71. The highest BCUT2D eigenvalue weighted by Gasteiger charge is 2.10. The van der Waals surface area contributed by atoms with Crippen LogP contribution in [0.25, 0.3) is 11.3 Å². The maximum Gasteiger partial charge on any atom is 0.269 e. The summed E-state index contributed by atoms with van der Waals surface area (Å²) in [5.74, 6) is 0.672. The Kier molecular flexibility index (Phi) is 6.33. The van der Waals surface area contributed by atoms with Crippen molar-refractivity contribution >= 4 is 28.1 Å². The smallest absolute Gasteiger partial charge is 0.269 e. The zero-order chi connectivity index (χ0) is 19.9. The average molecular weight is 397 g/mol. The number of anilines is 1. The lowest BCUT2D eigenvalue weighted by molar-refractivity contribution is -0.384. The number of aryl methyl sites for hydroxylation is 1. The van der Waals surface area contributed by atoms with E-state index in [4.69, 9.17) is 4.74 Å². The summed E-state index contributed by atoms with van der Waals surface area (Å²) in [7, 11) is 0. The van der Waals surface area contributed by atoms with Gasteiger partial charge < -0.3 is 10.1 Å². The van der Waals surface area contributed by atoms with Crippen LogP contribution in [-0.2, 0) is 4.79 Å². The molecule has 0 aliphatic rings. The third kappa shape index (κ3) is 5.37. The van der Waals surface area contributed by atoms with E-state index in [-0.39, 0.29) is 11.6 Å². The Balaban J connectivity index is 1.46. The van der Waals surface area contributed by atoms with Gasteiger partial charge in [-0.3, -0.25) is 14.9 Å². The van der Waals surface area contributed by atoms with E-state index < -0.39 is 4.92 Å². The highest BCUT2D eigenvalue weighted by molar-refractivity contribution is 7.14. The Hall–Kier alpha value is -3.26. The molecule has 1 N–H and O–H groups in total. The second-order valence-electron chi connectivity index (χ2n) is 6.16. The molecule has 3 aromatic rings. The van der Waals surface area contributed by atoms with Crippen molar-refractivity contribution in [3.63, 3.8) is 0 Å². The van der Waals surface area contributed by atoms with Gasteiger partial charge in [-0.05, 0) is 43.2 Å². The number of carbonyl (C=O) groups is 1. The third-order valence-electron chi connectivity index (χ3n) is 3.93. The van der Waals surface area contributed by atoms with Crippen LogP contribution < -0.4 is 10.1 Å². The molecule has 1 aromatic heterocycles. The number of hydrogen-bond donors (Lipinski definition) is 1. The molecule has 0 radical (unpaired) electrons. The molecule has 0 bridgehead atoms. The van der Waals surface area contributed by atoms with Gasteiger partial charge in [0.2, 0.25) is 5.91 Å². The second-order valence-corrected chi connectivity index (χ2v) is 7.02. The number of nitro groups is 1. The number of ether oxygens (including phenoxy) is 1. The predicted molar refractivity (Wildman–Crippen MR) is 109 cm³/mol. The number of amides is 1. The van der Waals surface area contributed by atoms with Gasteiger partial charge in [0, 0.05) is 29.5 Å². The Morgan fingerprint density at radius 2 is 2.04 bits per heavy atom. The quantitative estimate of drug-likeness (QED) is 0.334. The Morgan fingerprint density at radius 1 is 1.25 bits per heavy atom. The molecule has 3 rings (SSSR count). The predicted octanol–water partition coefficient (Wildman–Crippen LogP) is 4.82. The summed E-state index contributed by atoms with van der Waals surface area (Å²) in [6, 6.07) is 13.9.